The van der Waals surface area contributed by atoms with E-state index in [1.54, 1.807) is 24.3 Å². The van der Waals surface area contributed by atoms with Crippen LogP contribution in [0.2, 0.25) is 10.0 Å². The molecule has 0 saturated heterocycles. The average Bonchev–Trinajstić information content (AvgIpc) is 3.10. The number of rotatable bonds is 3. The van der Waals surface area contributed by atoms with E-state index in [1.807, 2.05) is 6.92 Å². The highest BCUT2D eigenvalue weighted by molar-refractivity contribution is 6.35. The zero-order valence-electron chi connectivity index (χ0n) is 15.8. The van der Waals surface area contributed by atoms with Crippen LogP contribution in [0, 0.1) is 6.92 Å². The van der Waals surface area contributed by atoms with Crippen molar-refractivity contribution >= 4 is 40.4 Å². The smallest absolute Gasteiger partial charge is 0.320 e. The number of aryl methyl sites for hydroxylation is 1. The quantitative estimate of drug-likeness (QED) is 0.387. The standard InChI is InChI=1S/C21H13Cl2F3N4O/c1-11-2-4-12(5-3-11)16-9-18(21(24,25)26)30-19(28-16)10-17(29-30)20(31)27-15-7-13(22)6-14(23)8-15/h2-10H,1H3,(H,27,31). The largest absolute Gasteiger partial charge is 0.433 e. The molecule has 2 heterocycles. The van der Waals surface area contributed by atoms with Gasteiger partial charge in [-0.15, -0.1) is 0 Å². The third kappa shape index (κ3) is 4.50. The van der Waals surface area contributed by atoms with Crippen LogP contribution in [-0.4, -0.2) is 20.5 Å². The molecule has 4 aromatic rings. The van der Waals surface area contributed by atoms with E-state index in [1.165, 1.54) is 24.3 Å². The number of amides is 1. The minimum atomic E-state index is -4.71. The number of benzene rings is 2. The molecule has 1 N–H and O–H groups in total. The Kier molecular flexibility index (Phi) is 5.36. The summed E-state index contributed by atoms with van der Waals surface area (Å²) in [5, 5.41) is 6.93. The highest BCUT2D eigenvalue weighted by Gasteiger charge is 2.35. The van der Waals surface area contributed by atoms with Gasteiger partial charge in [0.15, 0.2) is 17.0 Å². The van der Waals surface area contributed by atoms with Crippen molar-refractivity contribution in [2.75, 3.05) is 5.32 Å². The van der Waals surface area contributed by atoms with Crippen molar-refractivity contribution in [1.82, 2.24) is 14.6 Å². The zero-order chi connectivity index (χ0) is 22.3. The minimum Gasteiger partial charge on any atom is -0.320 e. The lowest BCUT2D eigenvalue weighted by Gasteiger charge is -2.11. The summed E-state index contributed by atoms with van der Waals surface area (Å²) in [5.74, 6) is -0.728. The van der Waals surface area contributed by atoms with Crippen LogP contribution in [-0.2, 0) is 6.18 Å². The van der Waals surface area contributed by atoms with E-state index in [9.17, 15) is 18.0 Å². The van der Waals surface area contributed by atoms with Crippen molar-refractivity contribution in [2.45, 2.75) is 13.1 Å². The highest BCUT2D eigenvalue weighted by Crippen LogP contribution is 2.32. The molecule has 2 aromatic carbocycles. The fraction of sp³-hybridized carbons (Fsp3) is 0.0952. The van der Waals surface area contributed by atoms with Gasteiger partial charge < -0.3 is 5.32 Å². The molecular weight excluding hydrogens is 452 g/mol. The van der Waals surface area contributed by atoms with E-state index in [0.717, 1.165) is 11.6 Å². The van der Waals surface area contributed by atoms with E-state index >= 15 is 0 Å². The summed E-state index contributed by atoms with van der Waals surface area (Å²) in [6.45, 7) is 1.87. The number of halogens is 5. The lowest BCUT2D eigenvalue weighted by Crippen LogP contribution is -2.15. The van der Waals surface area contributed by atoms with E-state index in [4.69, 9.17) is 23.2 Å². The van der Waals surface area contributed by atoms with E-state index in [0.29, 0.717) is 20.1 Å². The first kappa shape index (κ1) is 21.1. The Morgan fingerprint density at radius 1 is 1.00 bits per heavy atom. The van der Waals surface area contributed by atoms with Gasteiger partial charge in [-0.1, -0.05) is 53.0 Å². The number of carbonyl (C=O) groups is 1. The summed E-state index contributed by atoms with van der Waals surface area (Å²) >= 11 is 11.8. The summed E-state index contributed by atoms with van der Waals surface area (Å²) in [6.07, 6.45) is -4.71. The summed E-state index contributed by atoms with van der Waals surface area (Å²) in [6, 6.07) is 13.4. The lowest BCUT2D eigenvalue weighted by atomic mass is 10.1. The predicted molar refractivity (Wildman–Crippen MR) is 113 cm³/mol. The lowest BCUT2D eigenvalue weighted by molar-refractivity contribution is -0.142. The third-order valence-corrected chi connectivity index (χ3v) is 4.85. The fourth-order valence-corrected chi connectivity index (χ4v) is 3.51. The first-order valence-electron chi connectivity index (χ1n) is 8.93. The molecule has 0 aliphatic carbocycles. The molecular formula is C21H13Cl2F3N4O. The van der Waals surface area contributed by atoms with Gasteiger partial charge in [-0.2, -0.15) is 18.3 Å². The molecule has 0 bridgehead atoms. The van der Waals surface area contributed by atoms with Gasteiger partial charge in [0.2, 0.25) is 0 Å². The Bertz CT molecular complexity index is 1280. The van der Waals surface area contributed by atoms with Crippen LogP contribution in [0.3, 0.4) is 0 Å². The Hall–Kier alpha value is -3.10. The molecule has 0 saturated carbocycles. The number of anilines is 1. The summed E-state index contributed by atoms with van der Waals surface area (Å²) in [7, 11) is 0. The minimum absolute atomic E-state index is 0.111. The van der Waals surface area contributed by atoms with Gasteiger partial charge in [0, 0.05) is 27.4 Å². The van der Waals surface area contributed by atoms with Gasteiger partial charge in [-0.3, -0.25) is 4.79 Å². The van der Waals surface area contributed by atoms with Gasteiger partial charge >= 0.3 is 6.18 Å². The summed E-state index contributed by atoms with van der Waals surface area (Å²) in [5.41, 5.74) is 0.481. The van der Waals surface area contributed by atoms with Crippen molar-refractivity contribution in [1.29, 1.82) is 0 Å². The molecule has 4 rings (SSSR count). The van der Waals surface area contributed by atoms with Crippen molar-refractivity contribution in [3.05, 3.63) is 81.6 Å². The molecule has 31 heavy (non-hydrogen) atoms. The first-order valence-corrected chi connectivity index (χ1v) is 9.68. The number of fused-ring (bicyclic) bond motifs is 1. The van der Waals surface area contributed by atoms with Crippen molar-refractivity contribution in [3.8, 4) is 11.3 Å². The monoisotopic (exact) mass is 464 g/mol. The summed E-state index contributed by atoms with van der Waals surface area (Å²) in [4.78, 5) is 16.8. The maximum Gasteiger partial charge on any atom is 0.433 e. The van der Waals surface area contributed by atoms with Crippen molar-refractivity contribution in [3.63, 3.8) is 0 Å². The molecule has 5 nitrogen and oxygen atoms in total. The first-order chi connectivity index (χ1) is 14.6. The molecule has 2 aromatic heterocycles. The second kappa shape index (κ2) is 7.86. The van der Waals surface area contributed by atoms with Gasteiger partial charge in [-0.05, 0) is 31.2 Å². The van der Waals surface area contributed by atoms with Gasteiger partial charge in [0.05, 0.1) is 5.69 Å². The number of aromatic nitrogens is 3. The molecule has 0 unspecified atom stereocenters. The summed E-state index contributed by atoms with van der Waals surface area (Å²) < 4.78 is 41.7. The maximum absolute atomic E-state index is 13.7. The number of hydrogen-bond donors (Lipinski definition) is 1. The number of alkyl halides is 3. The second-order valence-electron chi connectivity index (χ2n) is 6.80. The Labute approximate surface area is 184 Å². The fourth-order valence-electron chi connectivity index (χ4n) is 2.98. The van der Waals surface area contributed by atoms with Crippen LogP contribution in [0.1, 0.15) is 21.7 Å². The maximum atomic E-state index is 13.7. The normalized spacial score (nSPS) is 11.7. The van der Waals surface area contributed by atoms with E-state index in [-0.39, 0.29) is 22.7 Å². The molecule has 0 aliphatic rings. The van der Waals surface area contributed by atoms with Crippen LogP contribution in [0.25, 0.3) is 16.9 Å². The zero-order valence-corrected chi connectivity index (χ0v) is 17.3. The van der Waals surface area contributed by atoms with Crippen LogP contribution >= 0.6 is 23.2 Å². The molecule has 0 radical (unpaired) electrons. The Morgan fingerprint density at radius 2 is 1.65 bits per heavy atom. The van der Waals surface area contributed by atoms with Gasteiger partial charge in [0.25, 0.3) is 5.91 Å². The van der Waals surface area contributed by atoms with E-state index in [2.05, 4.69) is 15.4 Å². The van der Waals surface area contributed by atoms with Crippen LogP contribution in [0.4, 0.5) is 18.9 Å². The predicted octanol–water partition coefficient (Wildman–Crippen LogP) is 6.28. The van der Waals surface area contributed by atoms with Crippen LogP contribution in [0.15, 0.2) is 54.6 Å². The van der Waals surface area contributed by atoms with Crippen LogP contribution in [0.5, 0.6) is 0 Å². The Balaban J connectivity index is 1.78. The number of nitrogens with zero attached hydrogens (tertiary/aromatic N) is 3. The highest BCUT2D eigenvalue weighted by atomic mass is 35.5. The van der Waals surface area contributed by atoms with E-state index < -0.39 is 17.8 Å². The van der Waals surface area contributed by atoms with Crippen LogP contribution < -0.4 is 5.32 Å². The molecule has 0 atom stereocenters. The van der Waals surface area contributed by atoms with Gasteiger partial charge in [0.1, 0.15) is 0 Å². The third-order valence-electron chi connectivity index (χ3n) is 4.42. The average molecular weight is 465 g/mol. The molecule has 1 amide bonds. The topological polar surface area (TPSA) is 59.3 Å². The molecule has 0 aliphatic heterocycles. The molecule has 0 fully saturated rings. The molecule has 10 heteroatoms. The second-order valence-corrected chi connectivity index (χ2v) is 7.68. The molecule has 0 spiro atoms. The number of carbonyl (C=O) groups excluding carboxylic acids is 1. The van der Waals surface area contributed by atoms with Crippen molar-refractivity contribution < 1.29 is 18.0 Å². The Morgan fingerprint density at radius 3 is 2.26 bits per heavy atom. The van der Waals surface area contributed by atoms with Gasteiger partial charge in [-0.25, -0.2) is 9.50 Å². The SMILES string of the molecule is Cc1ccc(-c2cc(C(F)(F)F)n3nc(C(=O)Nc4cc(Cl)cc(Cl)c4)cc3n2)cc1. The number of hydrogen-bond acceptors (Lipinski definition) is 3. The molecule has 158 valence electrons. The van der Waals surface area contributed by atoms with Crippen molar-refractivity contribution in [2.24, 2.45) is 0 Å². The number of nitrogens with one attached hydrogen (secondary N) is 1.